The van der Waals surface area contributed by atoms with Crippen molar-refractivity contribution in [1.82, 2.24) is 10.6 Å². The summed E-state index contributed by atoms with van der Waals surface area (Å²) >= 11 is 0. The van der Waals surface area contributed by atoms with Crippen LogP contribution in [-0.2, 0) is 0 Å². The van der Waals surface area contributed by atoms with E-state index in [1.54, 1.807) is 0 Å². The van der Waals surface area contributed by atoms with Crippen molar-refractivity contribution in [2.75, 3.05) is 13.1 Å². The van der Waals surface area contributed by atoms with Gasteiger partial charge in [-0.25, -0.2) is 0 Å². The molecule has 2 rings (SSSR count). The van der Waals surface area contributed by atoms with Crippen molar-refractivity contribution in [2.24, 2.45) is 11.3 Å². The molecule has 0 aromatic heterocycles. The highest BCUT2D eigenvalue weighted by Gasteiger charge is 2.44. The van der Waals surface area contributed by atoms with E-state index in [0.717, 1.165) is 12.0 Å². The zero-order valence-electron chi connectivity index (χ0n) is 11.9. The van der Waals surface area contributed by atoms with Gasteiger partial charge in [-0.3, -0.25) is 0 Å². The summed E-state index contributed by atoms with van der Waals surface area (Å²) in [6.45, 7) is 9.57. The van der Waals surface area contributed by atoms with E-state index < -0.39 is 0 Å². The molecule has 0 amide bonds. The Balaban J connectivity index is 1.61. The molecule has 1 aliphatic heterocycles. The van der Waals surface area contributed by atoms with Gasteiger partial charge in [-0.15, -0.1) is 0 Å². The largest absolute Gasteiger partial charge is 0.314 e. The van der Waals surface area contributed by atoms with Gasteiger partial charge in [0, 0.05) is 12.1 Å². The molecule has 1 aliphatic carbocycles. The Morgan fingerprint density at radius 3 is 2.76 bits per heavy atom. The predicted octanol–water partition coefficient (Wildman–Crippen LogP) is 2.93. The summed E-state index contributed by atoms with van der Waals surface area (Å²) in [5, 5.41) is 7.42. The average Bonchev–Trinajstić information content (AvgIpc) is 2.94. The van der Waals surface area contributed by atoms with E-state index in [-0.39, 0.29) is 0 Å². The molecule has 0 radical (unpaired) electrons. The van der Waals surface area contributed by atoms with Crippen molar-refractivity contribution in [3.63, 3.8) is 0 Å². The second kappa shape index (κ2) is 5.71. The lowest BCUT2D eigenvalue weighted by Crippen LogP contribution is -2.37. The lowest BCUT2D eigenvalue weighted by molar-refractivity contribution is 0.390. The molecule has 2 fully saturated rings. The third kappa shape index (κ3) is 4.26. The van der Waals surface area contributed by atoms with E-state index >= 15 is 0 Å². The zero-order chi connectivity index (χ0) is 12.3. The van der Waals surface area contributed by atoms with Crippen LogP contribution in [0.15, 0.2) is 0 Å². The minimum atomic E-state index is 0.618. The number of nitrogens with one attached hydrogen (secondary N) is 2. The normalized spacial score (nSPS) is 34.1. The Morgan fingerprint density at radius 2 is 2.06 bits per heavy atom. The maximum atomic E-state index is 3.73. The van der Waals surface area contributed by atoms with E-state index in [4.69, 9.17) is 0 Å². The Kier molecular flexibility index (Phi) is 4.48. The molecule has 100 valence electrons. The summed E-state index contributed by atoms with van der Waals surface area (Å²) in [5.41, 5.74) is 0.618. The van der Waals surface area contributed by atoms with E-state index in [1.165, 1.54) is 51.6 Å². The molecule has 0 aromatic carbocycles. The molecule has 3 atom stereocenters. The van der Waals surface area contributed by atoms with Crippen LogP contribution in [0, 0.1) is 11.3 Å². The average molecular weight is 238 g/mol. The molecular weight excluding hydrogens is 208 g/mol. The lowest BCUT2D eigenvalue weighted by atomic mass is 10.0. The Hall–Kier alpha value is -0.0800. The monoisotopic (exact) mass is 238 g/mol. The van der Waals surface area contributed by atoms with Crippen molar-refractivity contribution in [3.05, 3.63) is 0 Å². The van der Waals surface area contributed by atoms with Crippen molar-refractivity contribution >= 4 is 0 Å². The van der Waals surface area contributed by atoms with Gasteiger partial charge in [-0.2, -0.15) is 0 Å². The molecule has 1 saturated carbocycles. The minimum absolute atomic E-state index is 0.618. The van der Waals surface area contributed by atoms with Gasteiger partial charge in [-0.1, -0.05) is 26.7 Å². The molecule has 2 aliphatic rings. The van der Waals surface area contributed by atoms with Gasteiger partial charge >= 0.3 is 0 Å². The van der Waals surface area contributed by atoms with Gasteiger partial charge in [0.2, 0.25) is 0 Å². The van der Waals surface area contributed by atoms with Gasteiger partial charge in [0.1, 0.15) is 0 Å². The molecule has 0 bridgehead atoms. The van der Waals surface area contributed by atoms with Crippen molar-refractivity contribution in [1.29, 1.82) is 0 Å². The van der Waals surface area contributed by atoms with Crippen LogP contribution in [0.1, 0.15) is 59.3 Å². The highest BCUT2D eigenvalue weighted by Crippen LogP contribution is 2.51. The topological polar surface area (TPSA) is 24.1 Å². The zero-order valence-corrected chi connectivity index (χ0v) is 11.9. The SMILES string of the molecule is CC(CC1CCCCCN1)NCC1CC1(C)C. The van der Waals surface area contributed by atoms with Gasteiger partial charge in [-0.05, 0) is 57.0 Å². The van der Waals surface area contributed by atoms with Crippen LogP contribution in [0.3, 0.4) is 0 Å². The summed E-state index contributed by atoms with van der Waals surface area (Å²) in [6, 6.07) is 1.43. The highest BCUT2D eigenvalue weighted by atomic mass is 15.0. The van der Waals surface area contributed by atoms with Gasteiger partial charge in [0.15, 0.2) is 0 Å². The lowest BCUT2D eigenvalue weighted by Gasteiger charge is -2.21. The molecule has 0 aromatic rings. The maximum Gasteiger partial charge on any atom is 0.00817 e. The van der Waals surface area contributed by atoms with Gasteiger partial charge in [0.05, 0.1) is 0 Å². The molecule has 2 N–H and O–H groups in total. The van der Waals surface area contributed by atoms with Crippen LogP contribution in [-0.4, -0.2) is 25.2 Å². The summed E-state index contributed by atoms with van der Waals surface area (Å²) < 4.78 is 0. The first-order valence-corrected chi connectivity index (χ1v) is 7.55. The van der Waals surface area contributed by atoms with Crippen molar-refractivity contribution < 1.29 is 0 Å². The molecule has 2 nitrogen and oxygen atoms in total. The second-order valence-corrected chi connectivity index (χ2v) is 6.94. The Morgan fingerprint density at radius 1 is 1.29 bits per heavy atom. The standard InChI is InChI=1S/C15H30N2/c1-12(17-11-13-10-15(13,2)3)9-14-7-5-4-6-8-16-14/h12-14,16-17H,4-11H2,1-3H3. The minimum Gasteiger partial charge on any atom is -0.314 e. The Bertz CT molecular complexity index is 229. The second-order valence-electron chi connectivity index (χ2n) is 6.94. The first-order chi connectivity index (χ1) is 8.08. The van der Waals surface area contributed by atoms with E-state index in [0.29, 0.717) is 11.5 Å². The van der Waals surface area contributed by atoms with Crippen LogP contribution in [0.4, 0.5) is 0 Å². The summed E-state index contributed by atoms with van der Waals surface area (Å²) in [6.07, 6.45) is 8.29. The van der Waals surface area contributed by atoms with E-state index in [2.05, 4.69) is 31.4 Å². The Labute approximate surface area is 107 Å². The first kappa shape index (κ1) is 13.4. The fraction of sp³-hybridized carbons (Fsp3) is 1.00. The van der Waals surface area contributed by atoms with E-state index in [9.17, 15) is 0 Å². The van der Waals surface area contributed by atoms with Crippen LogP contribution >= 0.6 is 0 Å². The van der Waals surface area contributed by atoms with Crippen LogP contribution < -0.4 is 10.6 Å². The van der Waals surface area contributed by atoms with Gasteiger partial charge < -0.3 is 10.6 Å². The summed E-state index contributed by atoms with van der Waals surface area (Å²) in [5.74, 6) is 0.923. The third-order valence-electron chi connectivity index (χ3n) is 4.73. The van der Waals surface area contributed by atoms with Gasteiger partial charge in [0.25, 0.3) is 0 Å². The first-order valence-electron chi connectivity index (χ1n) is 7.55. The highest BCUT2D eigenvalue weighted by molar-refractivity contribution is 4.96. The molecule has 3 unspecified atom stereocenters. The molecule has 17 heavy (non-hydrogen) atoms. The van der Waals surface area contributed by atoms with Crippen molar-refractivity contribution in [3.8, 4) is 0 Å². The molecule has 1 saturated heterocycles. The summed E-state index contributed by atoms with van der Waals surface area (Å²) in [7, 11) is 0. The van der Waals surface area contributed by atoms with Crippen LogP contribution in [0.2, 0.25) is 0 Å². The smallest absolute Gasteiger partial charge is 0.00817 e. The molecule has 2 heteroatoms. The molecule has 0 spiro atoms. The van der Waals surface area contributed by atoms with Crippen LogP contribution in [0.5, 0.6) is 0 Å². The fourth-order valence-electron chi connectivity index (χ4n) is 3.08. The quantitative estimate of drug-likeness (QED) is 0.769. The fourth-order valence-corrected chi connectivity index (χ4v) is 3.08. The predicted molar refractivity (Wildman–Crippen MR) is 74.2 cm³/mol. The summed E-state index contributed by atoms with van der Waals surface area (Å²) in [4.78, 5) is 0. The third-order valence-corrected chi connectivity index (χ3v) is 4.73. The molecular formula is C15H30N2. The van der Waals surface area contributed by atoms with Crippen LogP contribution in [0.25, 0.3) is 0 Å². The number of hydrogen-bond donors (Lipinski definition) is 2. The number of hydrogen-bond acceptors (Lipinski definition) is 2. The number of rotatable bonds is 5. The maximum absolute atomic E-state index is 3.73. The molecule has 1 heterocycles. The van der Waals surface area contributed by atoms with E-state index in [1.807, 2.05) is 0 Å². The van der Waals surface area contributed by atoms with Crippen molar-refractivity contribution in [2.45, 2.75) is 71.4 Å².